The van der Waals surface area contributed by atoms with Gasteiger partial charge in [-0.1, -0.05) is 13.0 Å². The Labute approximate surface area is 123 Å². The number of carbonyl (C=O) groups is 3. The minimum atomic E-state index is -0.480. The molecule has 0 spiro atoms. The number of nitrogens with one attached hydrogen (secondary N) is 2. The Morgan fingerprint density at radius 1 is 1.29 bits per heavy atom. The average molecular weight is 292 g/mol. The van der Waals surface area contributed by atoms with Crippen LogP contribution in [0.4, 0.5) is 5.69 Å². The summed E-state index contributed by atoms with van der Waals surface area (Å²) in [6, 6.07) is 6.51. The molecule has 0 saturated heterocycles. The molecule has 0 aliphatic heterocycles. The summed E-state index contributed by atoms with van der Waals surface area (Å²) in [5.74, 6) is -1.33. The molecule has 1 unspecified atom stereocenters. The van der Waals surface area contributed by atoms with Gasteiger partial charge in [-0.2, -0.15) is 0 Å². The molecule has 1 aromatic rings. The van der Waals surface area contributed by atoms with E-state index in [2.05, 4.69) is 10.6 Å². The number of primary amides is 1. The van der Waals surface area contributed by atoms with Crippen LogP contribution in [0.1, 0.15) is 23.7 Å². The van der Waals surface area contributed by atoms with E-state index in [1.165, 1.54) is 0 Å². The Bertz CT molecular complexity index is 531. The molecule has 1 aromatic carbocycles. The van der Waals surface area contributed by atoms with Gasteiger partial charge in [0, 0.05) is 36.7 Å². The smallest absolute Gasteiger partial charge is 0.251 e. The van der Waals surface area contributed by atoms with Crippen molar-refractivity contribution < 1.29 is 14.4 Å². The van der Waals surface area contributed by atoms with E-state index in [1.807, 2.05) is 0 Å². The first-order valence-electron chi connectivity index (χ1n) is 6.61. The Morgan fingerprint density at radius 3 is 2.62 bits per heavy atom. The number of nitrogens with two attached hydrogens (primary N) is 2. The Morgan fingerprint density at radius 2 is 2.00 bits per heavy atom. The van der Waals surface area contributed by atoms with Crippen molar-refractivity contribution in [3.63, 3.8) is 0 Å². The van der Waals surface area contributed by atoms with Crippen molar-refractivity contribution in [2.24, 2.45) is 17.4 Å². The zero-order chi connectivity index (χ0) is 15.8. The van der Waals surface area contributed by atoms with Gasteiger partial charge in [0.15, 0.2) is 0 Å². The standard InChI is InChI=1S/C14H20N4O3/c1-9(8-15)13(20)18-11-4-2-3-10(7-11)14(21)17-6-5-12(16)19/h2-4,7,9H,5-6,8,15H2,1H3,(H2,16,19)(H,17,21)(H,18,20). The summed E-state index contributed by atoms with van der Waals surface area (Å²) in [6.45, 7) is 2.14. The molecule has 1 atom stereocenters. The average Bonchev–Trinajstić information content (AvgIpc) is 2.46. The third kappa shape index (κ3) is 5.62. The number of benzene rings is 1. The maximum Gasteiger partial charge on any atom is 0.251 e. The molecule has 3 amide bonds. The maximum atomic E-state index is 11.9. The fourth-order valence-corrected chi connectivity index (χ4v) is 1.51. The van der Waals surface area contributed by atoms with Gasteiger partial charge in [0.1, 0.15) is 0 Å². The SMILES string of the molecule is CC(CN)C(=O)Nc1cccc(C(=O)NCCC(N)=O)c1. The highest BCUT2D eigenvalue weighted by Crippen LogP contribution is 2.12. The second-order valence-corrected chi connectivity index (χ2v) is 4.68. The normalized spacial score (nSPS) is 11.5. The molecule has 0 aliphatic rings. The van der Waals surface area contributed by atoms with E-state index in [0.717, 1.165) is 0 Å². The van der Waals surface area contributed by atoms with Crippen molar-refractivity contribution >= 4 is 23.4 Å². The molecule has 0 aromatic heterocycles. The topological polar surface area (TPSA) is 127 Å². The second-order valence-electron chi connectivity index (χ2n) is 4.68. The van der Waals surface area contributed by atoms with E-state index in [-0.39, 0.29) is 37.2 Å². The van der Waals surface area contributed by atoms with Gasteiger partial charge in [-0.05, 0) is 18.2 Å². The number of hydrogen-bond donors (Lipinski definition) is 4. The lowest BCUT2D eigenvalue weighted by Crippen LogP contribution is -2.28. The summed E-state index contributed by atoms with van der Waals surface area (Å²) in [4.78, 5) is 34.2. The highest BCUT2D eigenvalue weighted by Gasteiger charge is 2.12. The quantitative estimate of drug-likeness (QED) is 0.556. The molecule has 6 N–H and O–H groups in total. The van der Waals surface area contributed by atoms with E-state index < -0.39 is 5.91 Å². The van der Waals surface area contributed by atoms with Crippen LogP contribution in [0.2, 0.25) is 0 Å². The molecule has 0 fully saturated rings. The fraction of sp³-hybridized carbons (Fsp3) is 0.357. The predicted molar refractivity (Wildman–Crippen MR) is 79.4 cm³/mol. The first-order chi connectivity index (χ1) is 9.93. The van der Waals surface area contributed by atoms with E-state index in [4.69, 9.17) is 11.5 Å². The molecule has 0 bridgehead atoms. The summed E-state index contributed by atoms with van der Waals surface area (Å²) in [7, 11) is 0. The maximum absolute atomic E-state index is 11.9. The van der Waals surface area contributed by atoms with E-state index >= 15 is 0 Å². The fourth-order valence-electron chi connectivity index (χ4n) is 1.51. The van der Waals surface area contributed by atoms with Crippen molar-refractivity contribution in [2.45, 2.75) is 13.3 Å². The van der Waals surface area contributed by atoms with Crippen LogP contribution in [0.5, 0.6) is 0 Å². The van der Waals surface area contributed by atoms with E-state index in [0.29, 0.717) is 11.3 Å². The van der Waals surface area contributed by atoms with Crippen molar-refractivity contribution in [3.05, 3.63) is 29.8 Å². The first-order valence-corrected chi connectivity index (χ1v) is 6.61. The zero-order valence-electron chi connectivity index (χ0n) is 11.9. The van der Waals surface area contributed by atoms with Crippen molar-refractivity contribution in [2.75, 3.05) is 18.4 Å². The van der Waals surface area contributed by atoms with Crippen LogP contribution in [-0.2, 0) is 9.59 Å². The number of rotatable bonds is 7. The highest BCUT2D eigenvalue weighted by atomic mass is 16.2. The summed E-state index contributed by atoms with van der Waals surface area (Å²) in [5.41, 5.74) is 11.3. The van der Waals surface area contributed by atoms with E-state index in [9.17, 15) is 14.4 Å². The van der Waals surface area contributed by atoms with Crippen LogP contribution >= 0.6 is 0 Å². The molecule has 0 aliphatic carbocycles. The Hall–Kier alpha value is -2.41. The van der Waals surface area contributed by atoms with Crippen LogP contribution in [0.3, 0.4) is 0 Å². The molecule has 0 saturated carbocycles. The van der Waals surface area contributed by atoms with Gasteiger partial charge in [-0.3, -0.25) is 14.4 Å². The van der Waals surface area contributed by atoms with E-state index in [1.54, 1.807) is 31.2 Å². The van der Waals surface area contributed by atoms with Crippen molar-refractivity contribution in [1.82, 2.24) is 5.32 Å². The minimum absolute atomic E-state index is 0.0795. The monoisotopic (exact) mass is 292 g/mol. The first kappa shape index (κ1) is 16.6. The molecular weight excluding hydrogens is 272 g/mol. The van der Waals surface area contributed by atoms with Gasteiger partial charge in [0.2, 0.25) is 11.8 Å². The molecule has 0 radical (unpaired) electrons. The highest BCUT2D eigenvalue weighted by molar-refractivity contribution is 5.97. The summed E-state index contributed by atoms with van der Waals surface area (Å²) in [5, 5.41) is 5.26. The summed E-state index contributed by atoms with van der Waals surface area (Å²) >= 11 is 0. The largest absolute Gasteiger partial charge is 0.370 e. The summed E-state index contributed by atoms with van der Waals surface area (Å²) < 4.78 is 0. The molecule has 7 heteroatoms. The van der Waals surface area contributed by atoms with Gasteiger partial charge >= 0.3 is 0 Å². The van der Waals surface area contributed by atoms with Crippen LogP contribution in [0.15, 0.2) is 24.3 Å². The Kier molecular flexibility index (Phi) is 6.35. The zero-order valence-corrected chi connectivity index (χ0v) is 11.9. The third-order valence-electron chi connectivity index (χ3n) is 2.85. The van der Waals surface area contributed by atoms with Crippen LogP contribution in [0, 0.1) is 5.92 Å². The van der Waals surface area contributed by atoms with Crippen LogP contribution in [-0.4, -0.2) is 30.8 Å². The van der Waals surface area contributed by atoms with Crippen LogP contribution in [0.25, 0.3) is 0 Å². The van der Waals surface area contributed by atoms with Gasteiger partial charge < -0.3 is 22.1 Å². The molecular formula is C14H20N4O3. The van der Waals surface area contributed by atoms with Gasteiger partial charge in [0.25, 0.3) is 5.91 Å². The molecule has 0 heterocycles. The third-order valence-corrected chi connectivity index (χ3v) is 2.85. The number of anilines is 1. The van der Waals surface area contributed by atoms with Gasteiger partial charge in [-0.25, -0.2) is 0 Å². The molecule has 1 rings (SSSR count). The number of carbonyl (C=O) groups excluding carboxylic acids is 3. The number of amides is 3. The molecule has 21 heavy (non-hydrogen) atoms. The lowest BCUT2D eigenvalue weighted by Gasteiger charge is -2.11. The predicted octanol–water partition coefficient (Wildman–Crippen LogP) is -0.175. The minimum Gasteiger partial charge on any atom is -0.370 e. The molecule has 114 valence electrons. The van der Waals surface area contributed by atoms with Gasteiger partial charge in [0.05, 0.1) is 0 Å². The number of hydrogen-bond acceptors (Lipinski definition) is 4. The second kappa shape index (κ2) is 8.01. The van der Waals surface area contributed by atoms with Crippen molar-refractivity contribution in [1.29, 1.82) is 0 Å². The lowest BCUT2D eigenvalue weighted by atomic mass is 10.1. The van der Waals surface area contributed by atoms with Crippen LogP contribution < -0.4 is 22.1 Å². The lowest BCUT2D eigenvalue weighted by molar-refractivity contribution is -0.119. The Balaban J connectivity index is 2.65. The molecule has 7 nitrogen and oxygen atoms in total. The summed E-state index contributed by atoms with van der Waals surface area (Å²) in [6.07, 6.45) is 0.0795. The van der Waals surface area contributed by atoms with Gasteiger partial charge in [-0.15, -0.1) is 0 Å². The van der Waals surface area contributed by atoms with Crippen molar-refractivity contribution in [3.8, 4) is 0 Å².